The summed E-state index contributed by atoms with van der Waals surface area (Å²) in [6.07, 6.45) is 0. The minimum Gasteiger partial charge on any atom is -0.478 e. The first-order valence-corrected chi connectivity index (χ1v) is 4.00. The number of aromatic carboxylic acids is 1. The molecule has 0 saturated heterocycles. The first kappa shape index (κ1) is 10.6. The van der Waals surface area contributed by atoms with Crippen molar-refractivity contribution in [3.63, 3.8) is 0 Å². The van der Waals surface area contributed by atoms with Crippen molar-refractivity contribution >= 4 is 5.97 Å². The molecule has 1 atom stereocenters. The Morgan fingerprint density at radius 2 is 2.00 bits per heavy atom. The number of carboxylic acids is 1. The van der Waals surface area contributed by atoms with E-state index in [2.05, 4.69) is 4.89 Å². The van der Waals surface area contributed by atoms with E-state index >= 15 is 0 Å². The van der Waals surface area contributed by atoms with Gasteiger partial charge in [0.1, 0.15) is 6.61 Å². The number of carbonyl (C=O) groups is 1. The van der Waals surface area contributed by atoms with E-state index in [-0.39, 0.29) is 12.2 Å². The van der Waals surface area contributed by atoms with Crippen molar-refractivity contribution in [3.8, 4) is 0 Å². The lowest BCUT2D eigenvalue weighted by Gasteiger charge is -2.09. The Balaban J connectivity index is 2.77. The predicted molar refractivity (Wildman–Crippen MR) is 48.9 cm³/mol. The third-order valence-electron chi connectivity index (χ3n) is 1.84. The van der Waals surface area contributed by atoms with E-state index in [9.17, 15) is 4.79 Å². The maximum absolute atomic E-state index is 10.5. The summed E-state index contributed by atoms with van der Waals surface area (Å²) in [7, 11) is 0. The van der Waals surface area contributed by atoms with Crippen LogP contribution in [-0.2, 0) is 4.89 Å². The number of carboxylic acid groups (broad SMARTS) is 1. The number of hydrogen-bond donors (Lipinski definition) is 3. The summed E-state index contributed by atoms with van der Waals surface area (Å²) in [5, 5.41) is 16.8. The summed E-state index contributed by atoms with van der Waals surface area (Å²) in [4.78, 5) is 14.4. The van der Waals surface area contributed by atoms with Gasteiger partial charge in [-0.05, 0) is 17.7 Å². The van der Waals surface area contributed by atoms with E-state index in [1.807, 2.05) is 0 Å². The molecule has 0 fully saturated rings. The second-order valence-electron chi connectivity index (χ2n) is 2.83. The normalized spacial score (nSPS) is 12.4. The van der Waals surface area contributed by atoms with Gasteiger partial charge in [-0.25, -0.2) is 9.68 Å². The molecule has 0 heterocycles. The zero-order chi connectivity index (χ0) is 10.6. The first-order chi connectivity index (χ1) is 6.65. The van der Waals surface area contributed by atoms with E-state index in [1.165, 1.54) is 12.1 Å². The highest BCUT2D eigenvalue weighted by Gasteiger charge is 2.07. The van der Waals surface area contributed by atoms with Gasteiger partial charge in [-0.3, -0.25) is 5.26 Å². The van der Waals surface area contributed by atoms with Crippen LogP contribution < -0.4 is 5.73 Å². The molecule has 1 rings (SSSR count). The molecule has 5 nitrogen and oxygen atoms in total. The molecule has 0 radical (unpaired) electrons. The van der Waals surface area contributed by atoms with Gasteiger partial charge in [0.2, 0.25) is 0 Å². The molecule has 0 amide bonds. The quantitative estimate of drug-likeness (QED) is 0.492. The van der Waals surface area contributed by atoms with Gasteiger partial charge in [0, 0.05) is 0 Å². The highest BCUT2D eigenvalue weighted by atomic mass is 17.1. The Bertz CT molecular complexity index is 309. The topological polar surface area (TPSA) is 92.8 Å². The standard InChI is InChI=1S/C9H11NO4/c10-8(5-14-13)6-1-3-7(4-2-6)9(11)12/h1-4,8,13H,5,10H2,(H,11,12). The molecule has 1 aromatic rings. The van der Waals surface area contributed by atoms with Gasteiger partial charge in [0.25, 0.3) is 0 Å². The molecule has 76 valence electrons. The minimum absolute atomic E-state index is 0.0214. The lowest BCUT2D eigenvalue weighted by atomic mass is 10.1. The van der Waals surface area contributed by atoms with Gasteiger partial charge in [0.15, 0.2) is 0 Å². The highest BCUT2D eigenvalue weighted by Crippen LogP contribution is 2.11. The largest absolute Gasteiger partial charge is 0.478 e. The van der Waals surface area contributed by atoms with Crippen LogP contribution in [0.25, 0.3) is 0 Å². The average molecular weight is 197 g/mol. The monoisotopic (exact) mass is 197 g/mol. The molecule has 0 bridgehead atoms. The van der Waals surface area contributed by atoms with Crippen molar-refractivity contribution in [2.75, 3.05) is 6.61 Å². The lowest BCUT2D eigenvalue weighted by molar-refractivity contribution is -0.245. The Labute approximate surface area is 80.7 Å². The Kier molecular flexibility index (Phi) is 3.58. The molecule has 0 saturated carbocycles. The fourth-order valence-electron chi connectivity index (χ4n) is 1.05. The maximum Gasteiger partial charge on any atom is 0.335 e. The Morgan fingerprint density at radius 1 is 1.43 bits per heavy atom. The van der Waals surface area contributed by atoms with Gasteiger partial charge in [-0.1, -0.05) is 12.1 Å². The molecule has 0 spiro atoms. The summed E-state index contributed by atoms with van der Waals surface area (Å²) in [5.74, 6) is -0.983. The van der Waals surface area contributed by atoms with Gasteiger partial charge in [-0.2, -0.15) is 0 Å². The van der Waals surface area contributed by atoms with E-state index in [4.69, 9.17) is 16.1 Å². The van der Waals surface area contributed by atoms with E-state index in [1.54, 1.807) is 12.1 Å². The first-order valence-electron chi connectivity index (χ1n) is 4.00. The van der Waals surface area contributed by atoms with Gasteiger partial charge >= 0.3 is 5.97 Å². The SMILES string of the molecule is NC(COO)c1ccc(C(=O)O)cc1. The van der Waals surface area contributed by atoms with Crippen LogP contribution in [-0.4, -0.2) is 22.9 Å². The van der Waals surface area contributed by atoms with Crippen molar-refractivity contribution < 1.29 is 20.0 Å². The Hall–Kier alpha value is -1.43. The number of rotatable bonds is 4. The highest BCUT2D eigenvalue weighted by molar-refractivity contribution is 5.87. The molecular formula is C9H11NO4. The summed E-state index contributed by atoms with van der Waals surface area (Å²) in [6, 6.07) is 5.63. The fourth-order valence-corrected chi connectivity index (χ4v) is 1.05. The average Bonchev–Trinajstić information content (AvgIpc) is 2.18. The number of nitrogens with two attached hydrogens (primary N) is 1. The second-order valence-corrected chi connectivity index (χ2v) is 2.83. The van der Waals surface area contributed by atoms with Crippen molar-refractivity contribution in [2.45, 2.75) is 6.04 Å². The summed E-state index contributed by atoms with van der Waals surface area (Å²) < 4.78 is 0. The molecule has 0 aromatic heterocycles. The lowest BCUT2D eigenvalue weighted by Crippen LogP contribution is -2.16. The fraction of sp³-hybridized carbons (Fsp3) is 0.222. The predicted octanol–water partition coefficient (Wildman–Crippen LogP) is 0.874. The van der Waals surface area contributed by atoms with Gasteiger partial charge < -0.3 is 10.8 Å². The number of hydrogen-bond acceptors (Lipinski definition) is 4. The van der Waals surface area contributed by atoms with Crippen LogP contribution in [0.2, 0.25) is 0 Å². The molecule has 0 aliphatic heterocycles. The minimum atomic E-state index is -0.983. The smallest absolute Gasteiger partial charge is 0.335 e. The summed E-state index contributed by atoms with van der Waals surface area (Å²) in [5.41, 5.74) is 6.51. The third kappa shape index (κ3) is 2.53. The van der Waals surface area contributed by atoms with Crippen LogP contribution in [0.4, 0.5) is 0 Å². The number of benzene rings is 1. The van der Waals surface area contributed by atoms with Crippen molar-refractivity contribution in [2.24, 2.45) is 5.73 Å². The van der Waals surface area contributed by atoms with Crippen LogP contribution in [0, 0.1) is 0 Å². The Morgan fingerprint density at radius 3 is 2.43 bits per heavy atom. The molecule has 1 unspecified atom stereocenters. The van der Waals surface area contributed by atoms with Crippen LogP contribution in [0.15, 0.2) is 24.3 Å². The summed E-state index contributed by atoms with van der Waals surface area (Å²) >= 11 is 0. The van der Waals surface area contributed by atoms with Crippen LogP contribution in [0.3, 0.4) is 0 Å². The summed E-state index contributed by atoms with van der Waals surface area (Å²) in [6.45, 7) is -0.0214. The van der Waals surface area contributed by atoms with E-state index < -0.39 is 12.0 Å². The molecule has 14 heavy (non-hydrogen) atoms. The molecule has 4 N–H and O–H groups in total. The van der Waals surface area contributed by atoms with E-state index in [0.29, 0.717) is 5.56 Å². The molecule has 0 aliphatic rings. The molecule has 0 aliphatic carbocycles. The zero-order valence-corrected chi connectivity index (χ0v) is 7.38. The molecule has 1 aromatic carbocycles. The third-order valence-corrected chi connectivity index (χ3v) is 1.84. The van der Waals surface area contributed by atoms with Crippen LogP contribution in [0.5, 0.6) is 0 Å². The zero-order valence-electron chi connectivity index (χ0n) is 7.38. The second kappa shape index (κ2) is 4.71. The van der Waals surface area contributed by atoms with Crippen molar-refractivity contribution in [1.82, 2.24) is 0 Å². The van der Waals surface area contributed by atoms with E-state index in [0.717, 1.165) is 0 Å². The van der Waals surface area contributed by atoms with Crippen molar-refractivity contribution in [3.05, 3.63) is 35.4 Å². The van der Waals surface area contributed by atoms with Crippen molar-refractivity contribution in [1.29, 1.82) is 0 Å². The maximum atomic E-state index is 10.5. The molecule has 5 heteroatoms. The van der Waals surface area contributed by atoms with Crippen LogP contribution in [0.1, 0.15) is 22.0 Å². The van der Waals surface area contributed by atoms with Gasteiger partial charge in [-0.15, -0.1) is 0 Å². The molecular weight excluding hydrogens is 186 g/mol. The van der Waals surface area contributed by atoms with Gasteiger partial charge in [0.05, 0.1) is 11.6 Å². The van der Waals surface area contributed by atoms with Crippen LogP contribution >= 0.6 is 0 Å².